The number of anilines is 1. The van der Waals surface area contributed by atoms with Gasteiger partial charge in [0.2, 0.25) is 0 Å². The van der Waals surface area contributed by atoms with E-state index in [1.54, 1.807) is 11.3 Å². The molecule has 14 heavy (non-hydrogen) atoms. The number of ether oxygens (including phenoxy) is 1. The Balaban J connectivity index is 0.000000241. The number of rotatable bonds is 2. The number of hydrogen-bond donors (Lipinski definition) is 2. The van der Waals surface area contributed by atoms with Crippen molar-refractivity contribution in [1.29, 1.82) is 0 Å². The van der Waals surface area contributed by atoms with Crippen LogP contribution in [0.4, 0.5) is 5.00 Å². The van der Waals surface area contributed by atoms with Gasteiger partial charge in [0, 0.05) is 0 Å². The van der Waals surface area contributed by atoms with Crippen LogP contribution in [0.25, 0.3) is 0 Å². The predicted octanol–water partition coefficient (Wildman–Crippen LogP) is 1.99. The molecule has 0 amide bonds. The molecule has 0 spiro atoms. The molecule has 0 atom stereocenters. The highest BCUT2D eigenvalue weighted by atomic mass is 32.1. The lowest BCUT2D eigenvalue weighted by Crippen LogP contribution is -2.17. The van der Waals surface area contributed by atoms with E-state index < -0.39 is 0 Å². The van der Waals surface area contributed by atoms with Gasteiger partial charge in [-0.25, -0.2) is 5.84 Å². The number of thiophene rings is 1. The quantitative estimate of drug-likeness (QED) is 0.451. The smallest absolute Gasteiger partial charge is 0.293 e. The molecule has 1 aromatic rings. The van der Waals surface area contributed by atoms with Crippen molar-refractivity contribution >= 4 is 22.8 Å². The summed E-state index contributed by atoms with van der Waals surface area (Å²) >= 11 is 1.59. The van der Waals surface area contributed by atoms with Crippen LogP contribution in [-0.4, -0.2) is 12.1 Å². The zero-order valence-electron chi connectivity index (χ0n) is 8.61. The maximum atomic E-state index is 9.60. The summed E-state index contributed by atoms with van der Waals surface area (Å²) in [6.07, 6.45) is 0. The van der Waals surface area contributed by atoms with Crippen LogP contribution < -0.4 is 11.3 Å². The second-order valence-electron chi connectivity index (χ2n) is 3.45. The summed E-state index contributed by atoms with van der Waals surface area (Å²) in [5, 5.41) is 2.97. The monoisotopic (exact) mass is 216 g/mol. The van der Waals surface area contributed by atoms with Gasteiger partial charge in [-0.15, -0.1) is 11.3 Å². The second-order valence-corrected chi connectivity index (χ2v) is 4.40. The van der Waals surface area contributed by atoms with Crippen molar-refractivity contribution in [2.45, 2.75) is 26.4 Å². The van der Waals surface area contributed by atoms with Crippen molar-refractivity contribution in [2.75, 3.05) is 5.43 Å². The van der Waals surface area contributed by atoms with Crippen LogP contribution >= 0.6 is 11.3 Å². The molecule has 1 aromatic heterocycles. The third-order valence-electron chi connectivity index (χ3n) is 1.07. The lowest BCUT2D eigenvalue weighted by atomic mass is 10.2. The van der Waals surface area contributed by atoms with E-state index >= 15 is 0 Å². The highest BCUT2D eigenvalue weighted by molar-refractivity contribution is 7.14. The minimum absolute atomic E-state index is 0.318. The Labute approximate surface area is 88.0 Å². The molecule has 0 aromatic carbocycles. The molecule has 80 valence electrons. The average Bonchev–Trinajstić information content (AvgIpc) is 2.54. The molecule has 0 unspecified atom stereocenters. The van der Waals surface area contributed by atoms with Gasteiger partial charge >= 0.3 is 0 Å². The fourth-order valence-corrected chi connectivity index (χ4v) is 1.03. The highest BCUT2D eigenvalue weighted by Gasteiger charge is 2.07. The maximum absolute atomic E-state index is 9.60. The van der Waals surface area contributed by atoms with E-state index in [0.29, 0.717) is 6.47 Å². The van der Waals surface area contributed by atoms with Crippen LogP contribution in [0.15, 0.2) is 17.5 Å². The van der Waals surface area contributed by atoms with Crippen molar-refractivity contribution in [1.82, 2.24) is 0 Å². The Morgan fingerprint density at radius 3 is 2.36 bits per heavy atom. The molecule has 3 N–H and O–H groups in total. The second kappa shape index (κ2) is 6.39. The van der Waals surface area contributed by atoms with E-state index in [1.165, 1.54) is 0 Å². The van der Waals surface area contributed by atoms with Crippen molar-refractivity contribution in [3.63, 3.8) is 0 Å². The number of carbonyl (C=O) groups excluding carboxylic acids is 1. The Bertz CT molecular complexity index is 242. The Kier molecular flexibility index (Phi) is 5.91. The Morgan fingerprint density at radius 2 is 2.21 bits per heavy atom. The van der Waals surface area contributed by atoms with E-state index in [4.69, 9.17) is 5.84 Å². The lowest BCUT2D eigenvalue weighted by molar-refractivity contribution is -0.138. The van der Waals surface area contributed by atoms with Gasteiger partial charge in [0.1, 0.15) is 10.6 Å². The summed E-state index contributed by atoms with van der Waals surface area (Å²) in [4.78, 5) is 9.60. The van der Waals surface area contributed by atoms with Crippen LogP contribution in [0.5, 0.6) is 0 Å². The van der Waals surface area contributed by atoms with Gasteiger partial charge in [-0.2, -0.15) is 0 Å². The van der Waals surface area contributed by atoms with Gasteiger partial charge in [0.05, 0.1) is 0 Å². The van der Waals surface area contributed by atoms with E-state index in [9.17, 15) is 4.79 Å². The summed E-state index contributed by atoms with van der Waals surface area (Å²) in [6, 6.07) is 3.87. The minimum Gasteiger partial charge on any atom is -0.462 e. The first-order valence-corrected chi connectivity index (χ1v) is 4.99. The Hall–Kier alpha value is -1.07. The maximum Gasteiger partial charge on any atom is 0.293 e. The van der Waals surface area contributed by atoms with Crippen LogP contribution in [0, 0.1) is 0 Å². The van der Waals surface area contributed by atoms with Gasteiger partial charge in [-0.05, 0) is 38.3 Å². The van der Waals surface area contributed by atoms with Gasteiger partial charge in [0.25, 0.3) is 6.47 Å². The number of nitrogens with one attached hydrogen (secondary N) is 1. The van der Waals surface area contributed by atoms with E-state index in [1.807, 2.05) is 38.3 Å². The molecular weight excluding hydrogens is 200 g/mol. The van der Waals surface area contributed by atoms with Gasteiger partial charge in [0.15, 0.2) is 0 Å². The molecule has 4 nitrogen and oxygen atoms in total. The van der Waals surface area contributed by atoms with E-state index in [0.717, 1.165) is 5.00 Å². The first-order valence-electron chi connectivity index (χ1n) is 4.11. The molecule has 0 aliphatic carbocycles. The number of carbonyl (C=O) groups is 1. The van der Waals surface area contributed by atoms with Crippen LogP contribution in [0.2, 0.25) is 0 Å². The molecule has 0 saturated heterocycles. The van der Waals surface area contributed by atoms with Crippen molar-refractivity contribution in [3.05, 3.63) is 17.5 Å². The van der Waals surface area contributed by atoms with Crippen LogP contribution in [-0.2, 0) is 9.53 Å². The van der Waals surface area contributed by atoms with Gasteiger partial charge in [-0.1, -0.05) is 0 Å². The van der Waals surface area contributed by atoms with Gasteiger partial charge < -0.3 is 10.2 Å². The van der Waals surface area contributed by atoms with Crippen molar-refractivity contribution in [3.8, 4) is 0 Å². The molecule has 0 aliphatic rings. The summed E-state index contributed by atoms with van der Waals surface area (Å²) in [5.41, 5.74) is 2.21. The summed E-state index contributed by atoms with van der Waals surface area (Å²) in [6.45, 7) is 5.92. The minimum atomic E-state index is -0.318. The van der Waals surface area contributed by atoms with Crippen LogP contribution in [0.3, 0.4) is 0 Å². The predicted molar refractivity (Wildman–Crippen MR) is 59.0 cm³/mol. The first-order chi connectivity index (χ1) is 6.49. The normalized spacial score (nSPS) is 9.71. The number of hydrazine groups is 1. The number of hydrogen-bond acceptors (Lipinski definition) is 5. The average molecular weight is 216 g/mol. The summed E-state index contributed by atoms with van der Waals surface area (Å²) in [5.74, 6) is 5.05. The number of nitrogens with two attached hydrogens (primary N) is 1. The third-order valence-corrected chi connectivity index (χ3v) is 1.87. The number of nitrogen functional groups attached to an aromatic ring is 1. The standard InChI is InChI=1S/C5H10O2.C4H6N2S/c1-5(2,3)7-4-6;5-6-4-2-1-3-7-4/h4H,1-3H3;1-3,6H,5H2. The topological polar surface area (TPSA) is 64.3 Å². The van der Waals surface area contributed by atoms with Crippen molar-refractivity contribution in [2.24, 2.45) is 5.84 Å². The molecule has 0 aliphatic heterocycles. The molecule has 0 bridgehead atoms. The van der Waals surface area contributed by atoms with E-state index in [-0.39, 0.29) is 5.60 Å². The molecule has 1 rings (SSSR count). The molecule has 5 heteroatoms. The lowest BCUT2D eigenvalue weighted by Gasteiger charge is -2.14. The third kappa shape index (κ3) is 7.57. The molecule has 1 heterocycles. The molecule has 0 saturated carbocycles. The molecule has 0 fully saturated rings. The fourth-order valence-electron chi connectivity index (χ4n) is 0.505. The summed E-state index contributed by atoms with van der Waals surface area (Å²) < 4.78 is 4.55. The van der Waals surface area contributed by atoms with Crippen LogP contribution in [0.1, 0.15) is 20.8 Å². The Morgan fingerprint density at radius 1 is 1.57 bits per heavy atom. The first kappa shape index (κ1) is 12.9. The zero-order chi connectivity index (χ0) is 11.0. The molecule has 0 radical (unpaired) electrons. The van der Waals surface area contributed by atoms with Gasteiger partial charge in [-0.3, -0.25) is 4.79 Å². The molecular formula is C9H16N2O2S. The highest BCUT2D eigenvalue weighted by Crippen LogP contribution is 2.11. The largest absolute Gasteiger partial charge is 0.462 e. The zero-order valence-corrected chi connectivity index (χ0v) is 9.43. The SMILES string of the molecule is CC(C)(C)OC=O.NNc1cccs1. The summed E-state index contributed by atoms with van der Waals surface area (Å²) in [7, 11) is 0. The fraction of sp³-hybridized carbons (Fsp3) is 0.444. The van der Waals surface area contributed by atoms with E-state index in [2.05, 4.69) is 10.2 Å². The van der Waals surface area contributed by atoms with Crippen molar-refractivity contribution < 1.29 is 9.53 Å².